The van der Waals surface area contributed by atoms with Crippen LogP contribution in [-0.2, 0) is 9.53 Å². The summed E-state index contributed by atoms with van der Waals surface area (Å²) >= 11 is 0. The van der Waals surface area contributed by atoms with Crippen molar-refractivity contribution in [2.75, 3.05) is 13.1 Å². The van der Waals surface area contributed by atoms with Crippen LogP contribution in [0.3, 0.4) is 0 Å². The Hall–Kier alpha value is -0.570. The number of carbonyl (C=O) groups is 1. The molecule has 0 aliphatic carbocycles. The molecule has 2 unspecified atom stereocenters. The van der Waals surface area contributed by atoms with E-state index in [9.17, 15) is 4.79 Å². The monoisotopic (exact) mass is 199 g/mol. The molecule has 0 aromatic heterocycles. The summed E-state index contributed by atoms with van der Waals surface area (Å²) in [5, 5.41) is 0. The standard InChI is InChI=1S/C11H21NO2/c1-8(2)5-11(13)12-6-9(3)14-10(4)7-12/h8-10H,5-7H2,1-4H3. The van der Waals surface area contributed by atoms with Crippen LogP contribution in [-0.4, -0.2) is 36.1 Å². The van der Waals surface area contributed by atoms with Crippen LogP contribution in [0.15, 0.2) is 0 Å². The summed E-state index contributed by atoms with van der Waals surface area (Å²) in [4.78, 5) is 13.7. The van der Waals surface area contributed by atoms with E-state index >= 15 is 0 Å². The van der Waals surface area contributed by atoms with Gasteiger partial charge in [-0.05, 0) is 19.8 Å². The molecule has 1 aliphatic rings. The molecule has 3 nitrogen and oxygen atoms in total. The minimum absolute atomic E-state index is 0.176. The number of morpholine rings is 1. The van der Waals surface area contributed by atoms with Crippen LogP contribution in [0.5, 0.6) is 0 Å². The second-order valence-corrected chi connectivity index (χ2v) is 4.65. The lowest BCUT2D eigenvalue weighted by Crippen LogP contribution is -2.48. The maximum absolute atomic E-state index is 11.8. The van der Waals surface area contributed by atoms with E-state index in [0.717, 1.165) is 13.1 Å². The van der Waals surface area contributed by atoms with Crippen LogP contribution in [0.25, 0.3) is 0 Å². The summed E-state index contributed by atoms with van der Waals surface area (Å²) < 4.78 is 5.58. The van der Waals surface area contributed by atoms with Gasteiger partial charge in [0.25, 0.3) is 0 Å². The summed E-state index contributed by atoms with van der Waals surface area (Å²) in [6, 6.07) is 0. The third-order valence-electron chi connectivity index (χ3n) is 2.36. The molecule has 0 aromatic rings. The predicted molar refractivity (Wildman–Crippen MR) is 56.0 cm³/mol. The first-order valence-electron chi connectivity index (χ1n) is 5.42. The number of ether oxygens (including phenoxy) is 1. The molecule has 1 aliphatic heterocycles. The summed E-state index contributed by atoms with van der Waals surface area (Å²) in [5.41, 5.74) is 0. The lowest BCUT2D eigenvalue weighted by molar-refractivity contribution is -0.143. The molecule has 14 heavy (non-hydrogen) atoms. The number of nitrogens with zero attached hydrogens (tertiary/aromatic N) is 1. The summed E-state index contributed by atoms with van der Waals surface area (Å²) in [6.45, 7) is 9.68. The highest BCUT2D eigenvalue weighted by molar-refractivity contribution is 5.76. The molecule has 1 heterocycles. The van der Waals surface area contributed by atoms with E-state index in [1.54, 1.807) is 0 Å². The third-order valence-corrected chi connectivity index (χ3v) is 2.36. The largest absolute Gasteiger partial charge is 0.372 e. The normalized spacial score (nSPS) is 28.2. The zero-order chi connectivity index (χ0) is 10.7. The van der Waals surface area contributed by atoms with Crippen molar-refractivity contribution in [3.8, 4) is 0 Å². The van der Waals surface area contributed by atoms with Gasteiger partial charge in [0.1, 0.15) is 0 Å². The average Bonchev–Trinajstić information content (AvgIpc) is 2.00. The quantitative estimate of drug-likeness (QED) is 0.677. The molecule has 0 radical (unpaired) electrons. The summed E-state index contributed by atoms with van der Waals surface area (Å²) in [7, 11) is 0. The first kappa shape index (κ1) is 11.5. The molecule has 3 heteroatoms. The van der Waals surface area contributed by atoms with Gasteiger partial charge in [-0.1, -0.05) is 13.8 Å². The summed E-state index contributed by atoms with van der Waals surface area (Å²) in [6.07, 6.45) is 1.00. The van der Waals surface area contributed by atoms with Gasteiger partial charge >= 0.3 is 0 Å². The number of hydrogen-bond donors (Lipinski definition) is 0. The van der Waals surface area contributed by atoms with E-state index in [1.807, 2.05) is 18.7 Å². The van der Waals surface area contributed by atoms with Gasteiger partial charge in [0.2, 0.25) is 5.91 Å². The molecule has 82 valence electrons. The van der Waals surface area contributed by atoms with Gasteiger partial charge in [0.15, 0.2) is 0 Å². The first-order chi connectivity index (χ1) is 6.49. The van der Waals surface area contributed by atoms with Gasteiger partial charge < -0.3 is 9.64 Å². The van der Waals surface area contributed by atoms with Gasteiger partial charge in [0, 0.05) is 19.5 Å². The Morgan fingerprint density at radius 3 is 2.29 bits per heavy atom. The Kier molecular flexibility index (Phi) is 3.93. The SMILES string of the molecule is CC(C)CC(=O)N1CC(C)OC(C)C1. The lowest BCUT2D eigenvalue weighted by Gasteiger charge is -2.35. The minimum atomic E-state index is 0.176. The highest BCUT2D eigenvalue weighted by Gasteiger charge is 2.25. The Morgan fingerprint density at radius 1 is 1.36 bits per heavy atom. The van der Waals surface area contributed by atoms with Gasteiger partial charge in [-0.2, -0.15) is 0 Å². The van der Waals surface area contributed by atoms with Crippen molar-refractivity contribution in [3.63, 3.8) is 0 Å². The topological polar surface area (TPSA) is 29.5 Å². The molecule has 0 aromatic carbocycles. The van der Waals surface area contributed by atoms with Crippen molar-refractivity contribution in [2.24, 2.45) is 5.92 Å². The smallest absolute Gasteiger partial charge is 0.223 e. The van der Waals surface area contributed by atoms with E-state index in [-0.39, 0.29) is 18.1 Å². The Balaban J connectivity index is 2.46. The molecular weight excluding hydrogens is 178 g/mol. The predicted octanol–water partition coefficient (Wildman–Crippen LogP) is 1.67. The molecule has 2 atom stereocenters. The number of rotatable bonds is 2. The van der Waals surface area contributed by atoms with Crippen molar-refractivity contribution >= 4 is 5.91 Å². The highest BCUT2D eigenvalue weighted by Crippen LogP contribution is 2.13. The fourth-order valence-corrected chi connectivity index (χ4v) is 1.86. The molecule has 1 saturated heterocycles. The molecule has 0 N–H and O–H groups in total. The van der Waals surface area contributed by atoms with Crippen molar-refractivity contribution in [1.29, 1.82) is 0 Å². The third kappa shape index (κ3) is 3.29. The highest BCUT2D eigenvalue weighted by atomic mass is 16.5. The molecule has 0 saturated carbocycles. The van der Waals surface area contributed by atoms with Crippen LogP contribution in [0.1, 0.15) is 34.1 Å². The van der Waals surface area contributed by atoms with Crippen LogP contribution >= 0.6 is 0 Å². The number of amides is 1. The number of carbonyl (C=O) groups excluding carboxylic acids is 1. The van der Waals surface area contributed by atoms with Crippen molar-refractivity contribution < 1.29 is 9.53 Å². The van der Waals surface area contributed by atoms with Crippen LogP contribution in [0, 0.1) is 5.92 Å². The van der Waals surface area contributed by atoms with Crippen LogP contribution in [0.4, 0.5) is 0 Å². The van der Waals surface area contributed by atoms with Crippen LogP contribution in [0.2, 0.25) is 0 Å². The zero-order valence-corrected chi connectivity index (χ0v) is 9.62. The van der Waals surface area contributed by atoms with Gasteiger partial charge in [-0.3, -0.25) is 4.79 Å². The lowest BCUT2D eigenvalue weighted by atomic mass is 10.1. The molecular formula is C11H21NO2. The average molecular weight is 199 g/mol. The maximum atomic E-state index is 11.8. The molecule has 0 spiro atoms. The Morgan fingerprint density at radius 2 is 1.86 bits per heavy atom. The maximum Gasteiger partial charge on any atom is 0.223 e. The van der Waals surface area contributed by atoms with Crippen molar-refractivity contribution in [2.45, 2.75) is 46.3 Å². The fraction of sp³-hybridized carbons (Fsp3) is 0.909. The molecule has 0 bridgehead atoms. The summed E-state index contributed by atoms with van der Waals surface area (Å²) in [5.74, 6) is 0.706. The number of hydrogen-bond acceptors (Lipinski definition) is 2. The van der Waals surface area contributed by atoms with Gasteiger partial charge in [-0.15, -0.1) is 0 Å². The van der Waals surface area contributed by atoms with Crippen LogP contribution < -0.4 is 0 Å². The van der Waals surface area contributed by atoms with Gasteiger partial charge in [-0.25, -0.2) is 0 Å². The second-order valence-electron chi connectivity index (χ2n) is 4.65. The molecule has 1 rings (SSSR count). The minimum Gasteiger partial charge on any atom is -0.372 e. The first-order valence-corrected chi connectivity index (χ1v) is 5.42. The van der Waals surface area contributed by atoms with E-state index in [2.05, 4.69) is 13.8 Å². The van der Waals surface area contributed by atoms with E-state index in [0.29, 0.717) is 12.3 Å². The molecule has 1 amide bonds. The fourth-order valence-electron chi connectivity index (χ4n) is 1.86. The van der Waals surface area contributed by atoms with E-state index < -0.39 is 0 Å². The zero-order valence-electron chi connectivity index (χ0n) is 9.62. The van der Waals surface area contributed by atoms with Crippen molar-refractivity contribution in [1.82, 2.24) is 4.90 Å². The van der Waals surface area contributed by atoms with Crippen molar-refractivity contribution in [3.05, 3.63) is 0 Å². The Bertz CT molecular complexity index is 193. The van der Waals surface area contributed by atoms with E-state index in [4.69, 9.17) is 4.74 Å². The second kappa shape index (κ2) is 4.78. The van der Waals surface area contributed by atoms with E-state index in [1.165, 1.54) is 0 Å². The Labute approximate surface area is 86.4 Å². The molecule has 1 fully saturated rings. The van der Waals surface area contributed by atoms with Gasteiger partial charge in [0.05, 0.1) is 12.2 Å².